The first-order valence-corrected chi connectivity index (χ1v) is 6.78. The zero-order valence-electron chi connectivity index (χ0n) is 11.2. The van der Waals surface area contributed by atoms with E-state index >= 15 is 0 Å². The molecule has 1 aliphatic carbocycles. The van der Waals surface area contributed by atoms with Gasteiger partial charge in [-0.15, -0.1) is 0 Å². The molecule has 1 aromatic heterocycles. The summed E-state index contributed by atoms with van der Waals surface area (Å²) in [6.45, 7) is 5.43. The van der Waals surface area contributed by atoms with E-state index in [1.165, 1.54) is 19.3 Å². The molecule has 3 heteroatoms. The molecule has 0 radical (unpaired) electrons. The zero-order chi connectivity index (χ0) is 13.0. The Morgan fingerprint density at radius 1 is 1.39 bits per heavy atom. The monoisotopic (exact) mass is 243 g/mol. The molecule has 1 fully saturated rings. The van der Waals surface area contributed by atoms with Crippen molar-refractivity contribution in [2.24, 2.45) is 11.8 Å². The first-order valence-electron chi connectivity index (χ1n) is 6.78. The van der Waals surface area contributed by atoms with E-state index in [4.69, 9.17) is 5.26 Å². The molecule has 0 saturated heterocycles. The summed E-state index contributed by atoms with van der Waals surface area (Å²) >= 11 is 0. The summed E-state index contributed by atoms with van der Waals surface area (Å²) in [5, 5.41) is 12.6. The average molecular weight is 243 g/mol. The van der Waals surface area contributed by atoms with Crippen molar-refractivity contribution in [1.29, 1.82) is 5.26 Å². The van der Waals surface area contributed by atoms with Crippen LogP contribution in [0.25, 0.3) is 0 Å². The highest BCUT2D eigenvalue weighted by atomic mass is 14.9. The van der Waals surface area contributed by atoms with Gasteiger partial charge >= 0.3 is 0 Å². The van der Waals surface area contributed by atoms with Crippen molar-refractivity contribution in [3.8, 4) is 6.07 Å². The third kappa shape index (κ3) is 3.08. The standard InChI is InChI=1S/C15H21N3/c1-11-5-6-14(8-12(11)2)18-10-13-4-3-7-17-15(13)9-16/h3-4,7,11-12,14,18H,5-6,8,10H2,1-2H3. The molecule has 0 amide bonds. The van der Waals surface area contributed by atoms with Crippen LogP contribution in [0.2, 0.25) is 0 Å². The molecular weight excluding hydrogens is 222 g/mol. The van der Waals surface area contributed by atoms with Gasteiger partial charge in [-0.3, -0.25) is 0 Å². The maximum Gasteiger partial charge on any atom is 0.144 e. The number of hydrogen-bond donors (Lipinski definition) is 1. The summed E-state index contributed by atoms with van der Waals surface area (Å²) in [6, 6.07) is 6.61. The van der Waals surface area contributed by atoms with Gasteiger partial charge in [0.15, 0.2) is 0 Å². The topological polar surface area (TPSA) is 48.7 Å². The van der Waals surface area contributed by atoms with E-state index < -0.39 is 0 Å². The van der Waals surface area contributed by atoms with Gasteiger partial charge in [0.2, 0.25) is 0 Å². The Hall–Kier alpha value is -1.40. The molecule has 1 N–H and O–H groups in total. The van der Waals surface area contributed by atoms with Gasteiger partial charge in [-0.05, 0) is 37.2 Å². The minimum Gasteiger partial charge on any atom is -0.310 e. The van der Waals surface area contributed by atoms with Crippen molar-refractivity contribution in [2.75, 3.05) is 0 Å². The minimum atomic E-state index is 0.544. The maximum absolute atomic E-state index is 8.99. The van der Waals surface area contributed by atoms with Crippen LogP contribution in [0.1, 0.15) is 44.4 Å². The molecule has 1 heterocycles. The van der Waals surface area contributed by atoms with E-state index in [0.29, 0.717) is 11.7 Å². The summed E-state index contributed by atoms with van der Waals surface area (Å²) in [6.07, 6.45) is 5.46. The van der Waals surface area contributed by atoms with Crippen molar-refractivity contribution in [3.63, 3.8) is 0 Å². The molecule has 0 bridgehead atoms. The third-order valence-electron chi connectivity index (χ3n) is 4.18. The summed E-state index contributed by atoms with van der Waals surface area (Å²) in [5.41, 5.74) is 1.55. The quantitative estimate of drug-likeness (QED) is 0.888. The van der Waals surface area contributed by atoms with Crippen molar-refractivity contribution < 1.29 is 0 Å². The molecule has 3 unspecified atom stereocenters. The lowest BCUT2D eigenvalue weighted by atomic mass is 9.79. The van der Waals surface area contributed by atoms with Crippen LogP contribution >= 0.6 is 0 Å². The predicted molar refractivity (Wildman–Crippen MR) is 71.8 cm³/mol. The van der Waals surface area contributed by atoms with Crippen molar-refractivity contribution in [3.05, 3.63) is 29.6 Å². The Balaban J connectivity index is 1.90. The van der Waals surface area contributed by atoms with Gasteiger partial charge < -0.3 is 5.32 Å². The van der Waals surface area contributed by atoms with E-state index in [1.807, 2.05) is 12.1 Å². The first kappa shape index (κ1) is 13.0. The molecule has 3 atom stereocenters. The van der Waals surface area contributed by atoms with Gasteiger partial charge in [0.05, 0.1) is 0 Å². The van der Waals surface area contributed by atoms with Gasteiger partial charge in [0.25, 0.3) is 0 Å². The number of pyridine rings is 1. The number of aromatic nitrogens is 1. The molecule has 18 heavy (non-hydrogen) atoms. The SMILES string of the molecule is CC1CCC(NCc2cccnc2C#N)CC1C. The van der Waals surface area contributed by atoms with Gasteiger partial charge in [0.1, 0.15) is 11.8 Å². The smallest absolute Gasteiger partial charge is 0.144 e. The zero-order valence-corrected chi connectivity index (χ0v) is 11.2. The number of rotatable bonds is 3. The lowest BCUT2D eigenvalue weighted by Gasteiger charge is -2.32. The molecule has 1 saturated carbocycles. The summed E-state index contributed by atoms with van der Waals surface area (Å²) in [5.74, 6) is 1.64. The largest absolute Gasteiger partial charge is 0.310 e. The summed E-state index contributed by atoms with van der Waals surface area (Å²) in [7, 11) is 0. The van der Waals surface area contributed by atoms with Crippen LogP contribution < -0.4 is 5.32 Å². The highest BCUT2D eigenvalue weighted by Gasteiger charge is 2.24. The molecule has 0 spiro atoms. The van der Waals surface area contributed by atoms with E-state index in [1.54, 1.807) is 6.20 Å². The average Bonchev–Trinajstić information content (AvgIpc) is 2.40. The van der Waals surface area contributed by atoms with Crippen LogP contribution in [0.4, 0.5) is 0 Å². The molecular formula is C15H21N3. The fourth-order valence-corrected chi connectivity index (χ4v) is 2.67. The van der Waals surface area contributed by atoms with Gasteiger partial charge in [0, 0.05) is 24.3 Å². The number of nitriles is 1. The van der Waals surface area contributed by atoms with E-state index in [-0.39, 0.29) is 0 Å². The van der Waals surface area contributed by atoms with Crippen molar-refractivity contribution >= 4 is 0 Å². The number of nitrogens with zero attached hydrogens (tertiary/aromatic N) is 2. The highest BCUT2D eigenvalue weighted by molar-refractivity contribution is 5.30. The molecule has 2 rings (SSSR count). The Bertz CT molecular complexity index is 436. The fraction of sp³-hybridized carbons (Fsp3) is 0.600. The van der Waals surface area contributed by atoms with E-state index in [9.17, 15) is 0 Å². The van der Waals surface area contributed by atoms with Crippen LogP contribution in [0.3, 0.4) is 0 Å². The Morgan fingerprint density at radius 3 is 2.94 bits per heavy atom. The predicted octanol–water partition coefficient (Wildman–Crippen LogP) is 2.87. The second-order valence-corrected chi connectivity index (χ2v) is 5.47. The third-order valence-corrected chi connectivity index (χ3v) is 4.18. The maximum atomic E-state index is 8.99. The van der Waals surface area contributed by atoms with Gasteiger partial charge in [-0.25, -0.2) is 4.98 Å². The lowest BCUT2D eigenvalue weighted by Crippen LogP contribution is -2.35. The highest BCUT2D eigenvalue weighted by Crippen LogP contribution is 2.29. The summed E-state index contributed by atoms with van der Waals surface area (Å²) < 4.78 is 0. The summed E-state index contributed by atoms with van der Waals surface area (Å²) in [4.78, 5) is 4.09. The molecule has 0 aliphatic heterocycles. The van der Waals surface area contributed by atoms with Crippen molar-refractivity contribution in [1.82, 2.24) is 10.3 Å². The minimum absolute atomic E-state index is 0.544. The van der Waals surface area contributed by atoms with Crippen LogP contribution in [0.15, 0.2) is 18.3 Å². The second kappa shape index (κ2) is 5.97. The van der Waals surface area contributed by atoms with Crippen LogP contribution in [-0.2, 0) is 6.54 Å². The lowest BCUT2D eigenvalue weighted by molar-refractivity contribution is 0.225. The Labute approximate surface area is 109 Å². The van der Waals surface area contributed by atoms with Crippen LogP contribution in [0.5, 0.6) is 0 Å². The molecule has 1 aliphatic rings. The second-order valence-electron chi connectivity index (χ2n) is 5.47. The normalized spacial score (nSPS) is 27.7. The van der Waals surface area contributed by atoms with Gasteiger partial charge in [-0.2, -0.15) is 5.26 Å². The fourth-order valence-electron chi connectivity index (χ4n) is 2.67. The number of hydrogen-bond acceptors (Lipinski definition) is 3. The molecule has 0 aromatic carbocycles. The first-order chi connectivity index (χ1) is 8.70. The van der Waals surface area contributed by atoms with Crippen molar-refractivity contribution in [2.45, 2.75) is 45.7 Å². The van der Waals surface area contributed by atoms with E-state index in [2.05, 4.69) is 30.2 Å². The Morgan fingerprint density at radius 2 is 2.22 bits per heavy atom. The molecule has 96 valence electrons. The van der Waals surface area contributed by atoms with Gasteiger partial charge in [-0.1, -0.05) is 19.9 Å². The molecule has 1 aromatic rings. The molecule has 3 nitrogen and oxygen atoms in total. The van der Waals surface area contributed by atoms with Crippen LogP contribution in [0, 0.1) is 23.2 Å². The van der Waals surface area contributed by atoms with E-state index in [0.717, 1.165) is 23.9 Å². The van der Waals surface area contributed by atoms with Crippen LogP contribution in [-0.4, -0.2) is 11.0 Å². The Kier molecular flexibility index (Phi) is 4.33. The number of nitrogens with one attached hydrogen (secondary N) is 1.